The first-order valence-electron chi connectivity index (χ1n) is 10.2. The molecule has 3 heterocycles. The number of aliphatic imine (C=N–C) groups is 1. The van der Waals surface area contributed by atoms with Crippen LogP contribution in [-0.2, 0) is 6.54 Å². The van der Waals surface area contributed by atoms with E-state index in [1.807, 2.05) is 28.8 Å². The molecular formula is C20H34IN7. The Kier molecular flexibility index (Phi) is 9.43. The van der Waals surface area contributed by atoms with Gasteiger partial charge in [0.05, 0.1) is 0 Å². The van der Waals surface area contributed by atoms with Gasteiger partial charge in [-0.15, -0.1) is 34.2 Å². The molecule has 0 bridgehead atoms. The fourth-order valence-electron chi connectivity index (χ4n) is 3.97. The summed E-state index contributed by atoms with van der Waals surface area (Å²) in [4.78, 5) is 7.28. The van der Waals surface area contributed by atoms with Crippen molar-refractivity contribution in [3.63, 3.8) is 0 Å². The van der Waals surface area contributed by atoms with Crippen molar-refractivity contribution >= 4 is 35.6 Å². The normalized spacial score (nSPS) is 20.8. The number of rotatable bonds is 7. The average molecular weight is 499 g/mol. The molecule has 0 saturated carbocycles. The minimum Gasteiger partial charge on any atom is -0.357 e. The Morgan fingerprint density at radius 3 is 2.71 bits per heavy atom. The Morgan fingerprint density at radius 2 is 1.96 bits per heavy atom. The number of halogens is 1. The van der Waals surface area contributed by atoms with Crippen LogP contribution in [0.2, 0.25) is 0 Å². The Labute approximate surface area is 185 Å². The van der Waals surface area contributed by atoms with E-state index in [4.69, 9.17) is 0 Å². The molecule has 8 heteroatoms. The zero-order valence-electron chi connectivity index (χ0n) is 17.3. The first-order chi connectivity index (χ1) is 13.2. The zero-order chi connectivity index (χ0) is 19.1. The molecule has 1 aliphatic heterocycles. The zero-order valence-corrected chi connectivity index (χ0v) is 19.6. The molecule has 2 aromatic heterocycles. The molecule has 0 aliphatic carbocycles. The second-order valence-electron chi connectivity index (χ2n) is 7.73. The van der Waals surface area contributed by atoms with E-state index in [2.05, 4.69) is 51.5 Å². The first-order valence-corrected chi connectivity index (χ1v) is 10.2. The molecule has 2 aromatic rings. The molecular weight excluding hydrogens is 465 g/mol. The summed E-state index contributed by atoms with van der Waals surface area (Å²) in [5.41, 5.74) is 0.852. The maximum absolute atomic E-state index is 4.67. The predicted molar refractivity (Wildman–Crippen MR) is 125 cm³/mol. The quantitative estimate of drug-likeness (QED) is 0.266. The average Bonchev–Trinajstić information content (AvgIpc) is 3.05. The molecule has 1 saturated heterocycles. The van der Waals surface area contributed by atoms with Crippen LogP contribution in [-0.4, -0.2) is 58.2 Å². The van der Waals surface area contributed by atoms with Gasteiger partial charge in [0.25, 0.3) is 0 Å². The van der Waals surface area contributed by atoms with E-state index in [9.17, 15) is 0 Å². The lowest BCUT2D eigenvalue weighted by Gasteiger charge is -2.35. The molecule has 3 rings (SSSR count). The van der Waals surface area contributed by atoms with Gasteiger partial charge in [-0.2, -0.15) is 0 Å². The van der Waals surface area contributed by atoms with E-state index < -0.39 is 0 Å². The van der Waals surface area contributed by atoms with Crippen molar-refractivity contribution in [2.75, 3.05) is 32.7 Å². The van der Waals surface area contributed by atoms with Gasteiger partial charge >= 0.3 is 0 Å². The highest BCUT2D eigenvalue weighted by molar-refractivity contribution is 14.0. The van der Waals surface area contributed by atoms with Crippen LogP contribution in [0.3, 0.4) is 0 Å². The number of aromatic nitrogens is 3. The highest BCUT2D eigenvalue weighted by Crippen LogP contribution is 2.20. The van der Waals surface area contributed by atoms with Crippen LogP contribution in [0.5, 0.6) is 0 Å². The first kappa shape index (κ1) is 22.9. The minimum atomic E-state index is 0. The SMILES string of the molecule is CCNC(=NCc1nnc2ccccn12)NCCCN1CC(C)CC(C)C1.I. The maximum atomic E-state index is 4.67. The van der Waals surface area contributed by atoms with Crippen LogP contribution in [0.4, 0.5) is 0 Å². The molecule has 7 nitrogen and oxygen atoms in total. The summed E-state index contributed by atoms with van der Waals surface area (Å²) in [6.07, 6.45) is 4.46. The van der Waals surface area contributed by atoms with Crippen LogP contribution in [0.1, 0.15) is 39.4 Å². The van der Waals surface area contributed by atoms with Gasteiger partial charge in [0.1, 0.15) is 6.54 Å². The van der Waals surface area contributed by atoms with E-state index in [0.29, 0.717) is 6.54 Å². The molecule has 1 fully saturated rings. The molecule has 0 aromatic carbocycles. The molecule has 2 N–H and O–H groups in total. The van der Waals surface area contributed by atoms with Gasteiger partial charge in [0.15, 0.2) is 17.4 Å². The highest BCUT2D eigenvalue weighted by atomic mass is 127. The lowest BCUT2D eigenvalue weighted by Crippen LogP contribution is -2.41. The number of pyridine rings is 1. The summed E-state index contributed by atoms with van der Waals surface area (Å²) < 4.78 is 1.98. The number of hydrogen-bond acceptors (Lipinski definition) is 4. The van der Waals surface area contributed by atoms with Crippen LogP contribution in [0.25, 0.3) is 5.65 Å². The summed E-state index contributed by atoms with van der Waals surface area (Å²) in [6, 6.07) is 5.90. The van der Waals surface area contributed by atoms with Gasteiger partial charge in [0, 0.05) is 32.4 Å². The van der Waals surface area contributed by atoms with Gasteiger partial charge in [-0.05, 0) is 50.3 Å². The topological polar surface area (TPSA) is 69.8 Å². The molecule has 156 valence electrons. The van der Waals surface area contributed by atoms with Gasteiger partial charge < -0.3 is 15.5 Å². The number of guanidine groups is 1. The fraction of sp³-hybridized carbons (Fsp3) is 0.650. The summed E-state index contributed by atoms with van der Waals surface area (Å²) in [7, 11) is 0. The van der Waals surface area contributed by atoms with Crippen molar-refractivity contribution in [1.82, 2.24) is 30.1 Å². The number of nitrogens with one attached hydrogen (secondary N) is 2. The number of likely N-dealkylation sites (tertiary alicyclic amines) is 1. The van der Waals surface area contributed by atoms with Crippen molar-refractivity contribution in [1.29, 1.82) is 0 Å². The van der Waals surface area contributed by atoms with E-state index in [1.54, 1.807) is 0 Å². The summed E-state index contributed by atoms with van der Waals surface area (Å²) in [5, 5.41) is 15.2. The van der Waals surface area contributed by atoms with Gasteiger partial charge in [-0.25, -0.2) is 4.99 Å². The second-order valence-corrected chi connectivity index (χ2v) is 7.73. The molecule has 2 atom stereocenters. The van der Waals surface area contributed by atoms with Crippen molar-refractivity contribution in [3.05, 3.63) is 30.2 Å². The smallest absolute Gasteiger partial charge is 0.191 e. The third kappa shape index (κ3) is 6.58. The molecule has 1 aliphatic rings. The van der Waals surface area contributed by atoms with Crippen LogP contribution < -0.4 is 10.6 Å². The Balaban J connectivity index is 0.00000280. The molecule has 0 radical (unpaired) electrons. The van der Waals surface area contributed by atoms with Crippen molar-refractivity contribution in [2.24, 2.45) is 16.8 Å². The van der Waals surface area contributed by atoms with E-state index in [1.165, 1.54) is 19.5 Å². The van der Waals surface area contributed by atoms with Crippen LogP contribution >= 0.6 is 24.0 Å². The monoisotopic (exact) mass is 499 g/mol. The molecule has 2 unspecified atom stereocenters. The van der Waals surface area contributed by atoms with Crippen molar-refractivity contribution in [2.45, 2.75) is 40.2 Å². The number of fused-ring (bicyclic) bond motifs is 1. The Hall–Kier alpha value is -1.42. The van der Waals surface area contributed by atoms with Crippen molar-refractivity contribution < 1.29 is 0 Å². The Bertz CT molecular complexity index is 735. The van der Waals surface area contributed by atoms with E-state index in [-0.39, 0.29) is 24.0 Å². The van der Waals surface area contributed by atoms with Crippen LogP contribution in [0, 0.1) is 11.8 Å². The number of nitrogens with zero attached hydrogens (tertiary/aromatic N) is 5. The molecule has 28 heavy (non-hydrogen) atoms. The van der Waals surface area contributed by atoms with Crippen LogP contribution in [0.15, 0.2) is 29.4 Å². The minimum absolute atomic E-state index is 0. The Morgan fingerprint density at radius 1 is 1.18 bits per heavy atom. The standard InChI is InChI=1S/C20H33N7.HI/c1-4-21-20(22-9-7-10-26-14-16(2)12-17(3)15-26)23-13-19-25-24-18-8-5-6-11-27(18)19;/h5-6,8,11,16-17H,4,7,9-10,12-15H2,1-3H3,(H2,21,22,23);1H. The van der Waals surface area contributed by atoms with Gasteiger partial charge in [-0.3, -0.25) is 4.40 Å². The third-order valence-corrected chi connectivity index (χ3v) is 5.00. The number of hydrogen-bond donors (Lipinski definition) is 2. The summed E-state index contributed by atoms with van der Waals surface area (Å²) in [6.45, 7) is 12.7. The van der Waals surface area contributed by atoms with Crippen molar-refractivity contribution in [3.8, 4) is 0 Å². The predicted octanol–water partition coefficient (Wildman–Crippen LogP) is 2.77. The third-order valence-electron chi connectivity index (χ3n) is 5.00. The second kappa shape index (κ2) is 11.5. The summed E-state index contributed by atoms with van der Waals surface area (Å²) in [5.74, 6) is 3.32. The highest BCUT2D eigenvalue weighted by Gasteiger charge is 2.20. The maximum Gasteiger partial charge on any atom is 0.191 e. The summed E-state index contributed by atoms with van der Waals surface area (Å²) >= 11 is 0. The van der Waals surface area contributed by atoms with Gasteiger partial charge in [-0.1, -0.05) is 19.9 Å². The van der Waals surface area contributed by atoms with Gasteiger partial charge in [0.2, 0.25) is 0 Å². The number of piperidine rings is 1. The van der Waals surface area contributed by atoms with E-state index >= 15 is 0 Å². The fourth-order valence-corrected chi connectivity index (χ4v) is 3.97. The van der Waals surface area contributed by atoms with E-state index in [0.717, 1.165) is 55.3 Å². The largest absolute Gasteiger partial charge is 0.357 e. The lowest BCUT2D eigenvalue weighted by atomic mass is 9.92. The lowest BCUT2D eigenvalue weighted by molar-refractivity contribution is 0.140. The molecule has 0 amide bonds. The molecule has 0 spiro atoms.